The number of nitrogens with zero attached hydrogens (tertiary/aromatic N) is 1. The molecule has 1 aliphatic rings. The summed E-state index contributed by atoms with van der Waals surface area (Å²) in [6, 6.07) is 17.7. The fraction of sp³-hybridized carbons (Fsp3) is 0.517. The van der Waals surface area contributed by atoms with Crippen LogP contribution in [0.1, 0.15) is 56.7 Å². The molecule has 0 aromatic heterocycles. The van der Waals surface area contributed by atoms with Gasteiger partial charge in [-0.05, 0) is 87.6 Å². The normalized spacial score (nSPS) is 15.2. The minimum atomic E-state index is -0.965. The van der Waals surface area contributed by atoms with E-state index in [1.807, 2.05) is 24.3 Å². The molecule has 6 nitrogen and oxygen atoms in total. The van der Waals surface area contributed by atoms with Crippen molar-refractivity contribution in [2.75, 3.05) is 13.2 Å². The van der Waals surface area contributed by atoms with E-state index in [-0.39, 0.29) is 18.1 Å². The van der Waals surface area contributed by atoms with Crippen LogP contribution >= 0.6 is 0 Å². The molecule has 0 fully saturated rings. The number of hydrogen-bond donors (Lipinski definition) is 2. The highest BCUT2D eigenvalue weighted by Crippen LogP contribution is 2.32. The van der Waals surface area contributed by atoms with E-state index in [4.69, 9.17) is 9.47 Å². The number of benzene rings is 2. The lowest BCUT2D eigenvalue weighted by Gasteiger charge is -2.33. The van der Waals surface area contributed by atoms with Crippen molar-refractivity contribution in [1.29, 1.82) is 5.26 Å². The Balaban J connectivity index is 1.46. The van der Waals surface area contributed by atoms with Gasteiger partial charge >= 0.3 is 5.97 Å². The maximum Gasteiger partial charge on any atom is 0.305 e. The summed E-state index contributed by atoms with van der Waals surface area (Å²) in [6.45, 7) is 6.40. The van der Waals surface area contributed by atoms with Gasteiger partial charge in [-0.2, -0.15) is 5.26 Å². The number of hydrogen-bond acceptors (Lipinski definition) is 6. The number of nitriles is 1. The first-order valence-electron chi connectivity index (χ1n) is 12.6. The van der Waals surface area contributed by atoms with Crippen molar-refractivity contribution in [3.05, 3.63) is 65.2 Å². The van der Waals surface area contributed by atoms with Crippen LogP contribution in [0.25, 0.3) is 0 Å². The summed E-state index contributed by atoms with van der Waals surface area (Å²) in [5, 5.41) is 23.8. The van der Waals surface area contributed by atoms with Gasteiger partial charge in [-0.15, -0.1) is 0 Å². The number of esters is 1. The van der Waals surface area contributed by atoms with Crippen molar-refractivity contribution in [3.63, 3.8) is 0 Å². The summed E-state index contributed by atoms with van der Waals surface area (Å²) >= 11 is 0. The van der Waals surface area contributed by atoms with E-state index < -0.39 is 12.1 Å². The van der Waals surface area contributed by atoms with Crippen LogP contribution in [-0.4, -0.2) is 42.0 Å². The molecular formula is C29H38N2O4. The average molecular weight is 479 g/mol. The zero-order valence-electron chi connectivity index (χ0n) is 21.1. The molecule has 0 amide bonds. The van der Waals surface area contributed by atoms with Crippen molar-refractivity contribution in [2.24, 2.45) is 5.92 Å². The molecule has 3 rings (SSSR count). The van der Waals surface area contributed by atoms with E-state index in [2.05, 4.69) is 49.5 Å². The number of ether oxygens (including phenoxy) is 2. The number of carbonyl (C=O) groups is 1. The van der Waals surface area contributed by atoms with E-state index >= 15 is 0 Å². The van der Waals surface area contributed by atoms with Gasteiger partial charge in [0, 0.05) is 12.0 Å². The minimum Gasteiger partial charge on any atom is -0.491 e. The quantitative estimate of drug-likeness (QED) is 0.415. The van der Waals surface area contributed by atoms with Gasteiger partial charge in [0.05, 0.1) is 12.7 Å². The van der Waals surface area contributed by atoms with Crippen molar-refractivity contribution < 1.29 is 19.4 Å². The van der Waals surface area contributed by atoms with Crippen LogP contribution in [0, 0.1) is 17.2 Å². The molecule has 1 aliphatic carbocycles. The highest BCUT2D eigenvalue weighted by atomic mass is 16.5. The first-order chi connectivity index (χ1) is 16.8. The Labute approximate surface area is 209 Å². The second-order valence-corrected chi connectivity index (χ2v) is 10.1. The molecule has 2 aromatic carbocycles. The second kappa shape index (κ2) is 12.7. The Hall–Kier alpha value is -2.88. The maximum absolute atomic E-state index is 11.5. The average Bonchev–Trinajstić information content (AvgIpc) is 3.23. The molecule has 0 radical (unpaired) electrons. The summed E-state index contributed by atoms with van der Waals surface area (Å²) in [6.07, 6.45) is 3.89. The number of carbonyl (C=O) groups excluding carboxylic acids is 1. The fourth-order valence-corrected chi connectivity index (χ4v) is 4.95. The van der Waals surface area contributed by atoms with Gasteiger partial charge in [-0.1, -0.05) is 36.4 Å². The lowest BCUT2D eigenvalue weighted by Crippen LogP contribution is -2.52. The Morgan fingerprint density at radius 2 is 1.91 bits per heavy atom. The molecule has 0 heterocycles. The Morgan fingerprint density at radius 1 is 1.20 bits per heavy atom. The zero-order chi connectivity index (χ0) is 25.3. The number of aryl methyl sites for hydroxylation is 1. The van der Waals surface area contributed by atoms with Crippen molar-refractivity contribution in [1.82, 2.24) is 5.32 Å². The summed E-state index contributed by atoms with van der Waals surface area (Å²) in [7, 11) is 0. The van der Waals surface area contributed by atoms with Crippen molar-refractivity contribution >= 4 is 5.97 Å². The Kier molecular flexibility index (Phi) is 9.71. The highest BCUT2D eigenvalue weighted by molar-refractivity contribution is 5.69. The highest BCUT2D eigenvalue weighted by Gasteiger charge is 2.32. The van der Waals surface area contributed by atoms with Gasteiger partial charge in [-0.25, -0.2) is 0 Å². The SMILES string of the molecule is CCOC(=O)CCCc1cccc(OCC(O)C(C#N)NC(C)(C)CC2Cc3ccccc3C2)c1. The van der Waals surface area contributed by atoms with Gasteiger partial charge in [0.15, 0.2) is 0 Å². The summed E-state index contributed by atoms with van der Waals surface area (Å²) in [5.41, 5.74) is 3.59. The van der Waals surface area contributed by atoms with E-state index in [0.717, 1.165) is 31.2 Å². The van der Waals surface area contributed by atoms with E-state index in [1.165, 1.54) is 11.1 Å². The second-order valence-electron chi connectivity index (χ2n) is 10.1. The van der Waals surface area contributed by atoms with Crippen LogP contribution in [0.4, 0.5) is 0 Å². The number of aliphatic hydroxyl groups is 1. The molecular weight excluding hydrogens is 440 g/mol. The topological polar surface area (TPSA) is 91.6 Å². The molecule has 0 aliphatic heterocycles. The molecule has 0 bridgehead atoms. The van der Waals surface area contributed by atoms with Gasteiger partial charge in [0.25, 0.3) is 0 Å². The molecule has 0 saturated carbocycles. The third kappa shape index (κ3) is 8.38. The molecule has 2 N–H and O–H groups in total. The van der Waals surface area contributed by atoms with E-state index in [9.17, 15) is 15.2 Å². The van der Waals surface area contributed by atoms with Crippen molar-refractivity contribution in [3.8, 4) is 11.8 Å². The predicted molar refractivity (Wildman–Crippen MR) is 136 cm³/mol. The zero-order valence-corrected chi connectivity index (χ0v) is 21.1. The smallest absolute Gasteiger partial charge is 0.305 e. The van der Waals surface area contributed by atoms with Crippen LogP contribution in [0.3, 0.4) is 0 Å². The molecule has 188 valence electrons. The maximum atomic E-state index is 11.5. The van der Waals surface area contributed by atoms with E-state index in [0.29, 0.717) is 31.1 Å². The fourth-order valence-electron chi connectivity index (χ4n) is 4.95. The molecule has 6 heteroatoms. The van der Waals surface area contributed by atoms with Gasteiger partial charge in [0.1, 0.15) is 24.5 Å². The van der Waals surface area contributed by atoms with Crippen LogP contribution in [0.2, 0.25) is 0 Å². The molecule has 2 atom stereocenters. The third-order valence-electron chi connectivity index (χ3n) is 6.48. The molecule has 0 spiro atoms. The standard InChI is InChI=1S/C29H38N2O4/c1-4-34-28(33)14-8-10-21-9-7-13-25(17-21)35-20-27(32)26(19-30)31-29(2,3)18-22-15-23-11-5-6-12-24(23)16-22/h5-7,9,11-13,17,22,26-27,31-32H,4,8,10,14-16,18,20H2,1-3H3. The number of rotatable bonds is 13. The van der Waals surface area contributed by atoms with E-state index in [1.54, 1.807) is 6.92 Å². The van der Waals surface area contributed by atoms with Gasteiger partial charge in [-0.3, -0.25) is 10.1 Å². The largest absolute Gasteiger partial charge is 0.491 e. The van der Waals surface area contributed by atoms with Crippen LogP contribution < -0.4 is 10.1 Å². The number of fused-ring (bicyclic) bond motifs is 1. The summed E-state index contributed by atoms with van der Waals surface area (Å²) in [5.74, 6) is 0.977. The van der Waals surface area contributed by atoms with Crippen molar-refractivity contribution in [2.45, 2.75) is 77.0 Å². The predicted octanol–water partition coefficient (Wildman–Crippen LogP) is 4.38. The van der Waals surface area contributed by atoms with Crippen LogP contribution in [-0.2, 0) is 28.8 Å². The third-order valence-corrected chi connectivity index (χ3v) is 6.48. The molecule has 35 heavy (non-hydrogen) atoms. The molecule has 2 unspecified atom stereocenters. The van der Waals surface area contributed by atoms with Gasteiger partial charge < -0.3 is 14.6 Å². The Bertz CT molecular complexity index is 989. The number of nitrogens with one attached hydrogen (secondary N) is 1. The van der Waals surface area contributed by atoms with Crippen LogP contribution in [0.15, 0.2) is 48.5 Å². The van der Waals surface area contributed by atoms with Gasteiger partial charge in [0.2, 0.25) is 0 Å². The Morgan fingerprint density at radius 3 is 2.57 bits per heavy atom. The summed E-state index contributed by atoms with van der Waals surface area (Å²) < 4.78 is 10.8. The first-order valence-corrected chi connectivity index (χ1v) is 12.6. The lowest BCUT2D eigenvalue weighted by atomic mass is 9.87. The first kappa shape index (κ1) is 26.7. The summed E-state index contributed by atoms with van der Waals surface area (Å²) in [4.78, 5) is 11.5. The minimum absolute atomic E-state index is 0.0163. The number of aliphatic hydroxyl groups excluding tert-OH is 1. The van der Waals surface area contributed by atoms with Crippen LogP contribution in [0.5, 0.6) is 5.75 Å². The molecule has 0 saturated heterocycles. The molecule has 2 aromatic rings. The monoisotopic (exact) mass is 478 g/mol. The lowest BCUT2D eigenvalue weighted by molar-refractivity contribution is -0.143.